The van der Waals surface area contributed by atoms with Crippen LogP contribution in [-0.2, 0) is 12.5 Å². The van der Waals surface area contributed by atoms with Crippen LogP contribution < -0.4 is 10.6 Å². The molecule has 11 aromatic carbocycles. The molecule has 1 aliphatic rings. The number of phenolic OH excluding ortho intramolecular Hbond substituents is 1. The molecule has 0 saturated heterocycles. The van der Waals surface area contributed by atoms with E-state index in [9.17, 15) is 0 Å². The number of nitrogen functional groups attached to an aromatic ring is 1. The van der Waals surface area contributed by atoms with Crippen LogP contribution in [0.15, 0.2) is 243 Å². The largest absolute Gasteiger partial charge is 0.508 e. The number of fused-ring (bicyclic) bond motifs is 8. The number of phenols is 1. The second-order valence-corrected chi connectivity index (χ2v) is 20.0. The minimum absolute atomic E-state index is 0.329. The zero-order valence-corrected chi connectivity index (χ0v) is 49.5. The summed E-state index contributed by atoms with van der Waals surface area (Å²) in [5, 5.41) is 13.9. The van der Waals surface area contributed by atoms with Crippen molar-refractivity contribution in [3.63, 3.8) is 0 Å². The first kappa shape index (κ1) is 58.0. The summed E-state index contributed by atoms with van der Waals surface area (Å²) in [5.74, 6) is 0.329. The molecule has 0 spiro atoms. The van der Waals surface area contributed by atoms with Crippen molar-refractivity contribution in [1.82, 2.24) is 4.57 Å². The summed E-state index contributed by atoms with van der Waals surface area (Å²) in [6.45, 7) is 22.8. The Balaban J connectivity index is 0.000000242. The fourth-order valence-electron chi connectivity index (χ4n) is 11.6. The first-order valence-electron chi connectivity index (χ1n) is 28.8. The van der Waals surface area contributed by atoms with Gasteiger partial charge in [-0.25, -0.2) is 0 Å². The zero-order chi connectivity index (χ0) is 57.8. The van der Waals surface area contributed by atoms with E-state index in [0.717, 1.165) is 22.7 Å². The first-order chi connectivity index (χ1) is 39.5. The lowest BCUT2D eigenvalue weighted by molar-refractivity contribution is 0.475. The molecule has 0 amide bonds. The molecular formula is C77H79N3O. The van der Waals surface area contributed by atoms with E-state index in [0.29, 0.717) is 5.75 Å². The Hall–Kier alpha value is -9.12. The van der Waals surface area contributed by atoms with Crippen LogP contribution in [0.3, 0.4) is 0 Å². The fourth-order valence-corrected chi connectivity index (χ4v) is 11.6. The summed E-state index contributed by atoms with van der Waals surface area (Å²) in [7, 11) is 2.13. The number of nitrogens with zero attached hydrogens (tertiary/aromatic N) is 2. The first-order valence-corrected chi connectivity index (χ1v) is 28.8. The van der Waals surface area contributed by atoms with Crippen molar-refractivity contribution in [2.75, 3.05) is 10.6 Å². The fraction of sp³-hybridized carbons (Fsp3) is 0.169. The third-order valence-corrected chi connectivity index (χ3v) is 15.2. The van der Waals surface area contributed by atoms with Gasteiger partial charge in [0.15, 0.2) is 0 Å². The Kier molecular flexibility index (Phi) is 18.8. The molecule has 0 saturated carbocycles. The molecule has 1 aromatic heterocycles. The number of nitrogens with two attached hydrogens (primary N) is 1. The van der Waals surface area contributed by atoms with Crippen molar-refractivity contribution in [1.29, 1.82) is 0 Å². The minimum Gasteiger partial charge on any atom is -0.508 e. The molecule has 408 valence electrons. The molecule has 0 aliphatic heterocycles. The highest BCUT2D eigenvalue weighted by atomic mass is 16.3. The zero-order valence-electron chi connectivity index (χ0n) is 49.5. The van der Waals surface area contributed by atoms with E-state index in [1.54, 1.807) is 12.1 Å². The molecule has 0 bridgehead atoms. The maximum absolute atomic E-state index is 8.76. The van der Waals surface area contributed by atoms with Gasteiger partial charge in [0.25, 0.3) is 0 Å². The monoisotopic (exact) mass is 1060 g/mol. The van der Waals surface area contributed by atoms with Crippen molar-refractivity contribution in [2.45, 2.75) is 81.6 Å². The molecule has 0 radical (unpaired) electrons. The van der Waals surface area contributed by atoms with Gasteiger partial charge < -0.3 is 20.3 Å². The molecule has 0 unspecified atom stereocenters. The standard InChI is InChI=1S/C50H40N2.C14H13N.C7H8O.3C2H6/c1-33-25-30-43-44(31-33)50(36-17-6-4-7-18-36,37-19-8-5-9-20-37)45-32-47(41-22-12-13-23-42(41)49(43)45)52(39-28-26-38(51)27-29-39)46-24-14-16-35(3)48(46)40-21-11-10-15-34(40)2;1-10-6-5-9-13-14(10)11-7-3-4-8-12(11)15(13)2;1-6-2-4-7(8)5-3-6;3*1-2/h4-32H,51H2,1-3H3;3-9H,1-2H3;2-5,8H,1H3;3*1-2H3. The molecule has 0 atom stereocenters. The molecular weight excluding hydrogens is 983 g/mol. The van der Waals surface area contributed by atoms with Gasteiger partial charge in [0.05, 0.1) is 16.8 Å². The summed E-state index contributed by atoms with van der Waals surface area (Å²) >= 11 is 0. The number of rotatable bonds is 6. The Morgan fingerprint density at radius 2 is 0.914 bits per heavy atom. The van der Waals surface area contributed by atoms with E-state index in [1.807, 2.05) is 72.7 Å². The van der Waals surface area contributed by atoms with Crippen LogP contribution in [0.1, 0.15) is 91.6 Å². The molecule has 13 rings (SSSR count). The number of aromatic hydroxyl groups is 1. The van der Waals surface area contributed by atoms with E-state index < -0.39 is 5.41 Å². The number of para-hydroxylation sites is 1. The quantitative estimate of drug-likeness (QED) is 0.163. The highest BCUT2D eigenvalue weighted by Crippen LogP contribution is 2.60. The van der Waals surface area contributed by atoms with Crippen LogP contribution >= 0.6 is 0 Å². The Morgan fingerprint density at radius 3 is 1.54 bits per heavy atom. The third kappa shape index (κ3) is 11.3. The maximum Gasteiger partial charge on any atom is 0.115 e. The van der Waals surface area contributed by atoms with Gasteiger partial charge >= 0.3 is 0 Å². The third-order valence-electron chi connectivity index (χ3n) is 15.2. The van der Waals surface area contributed by atoms with Gasteiger partial charge in [0, 0.05) is 51.2 Å². The molecule has 3 N–H and O–H groups in total. The molecule has 12 aromatic rings. The van der Waals surface area contributed by atoms with Crippen LogP contribution in [0.4, 0.5) is 22.7 Å². The Bertz CT molecular complexity index is 3960. The lowest BCUT2D eigenvalue weighted by Gasteiger charge is -2.36. The molecule has 81 heavy (non-hydrogen) atoms. The molecule has 4 heteroatoms. The van der Waals surface area contributed by atoms with Crippen LogP contribution in [0.5, 0.6) is 5.75 Å². The highest BCUT2D eigenvalue weighted by Gasteiger charge is 2.47. The average Bonchev–Trinajstić information content (AvgIpc) is 4.16. The van der Waals surface area contributed by atoms with Crippen LogP contribution in [-0.4, -0.2) is 9.67 Å². The van der Waals surface area contributed by atoms with Crippen molar-refractivity contribution >= 4 is 55.3 Å². The summed E-state index contributed by atoms with van der Waals surface area (Å²) in [4.78, 5) is 2.46. The van der Waals surface area contributed by atoms with E-state index in [1.165, 1.54) is 105 Å². The Labute approximate surface area is 482 Å². The summed E-state index contributed by atoms with van der Waals surface area (Å²) in [6.07, 6.45) is 0. The minimum atomic E-state index is -0.545. The predicted octanol–water partition coefficient (Wildman–Crippen LogP) is 21.3. The Morgan fingerprint density at radius 1 is 0.395 bits per heavy atom. The number of hydrogen-bond donors (Lipinski definition) is 2. The topological polar surface area (TPSA) is 54.4 Å². The molecule has 1 heterocycles. The van der Waals surface area contributed by atoms with Crippen molar-refractivity contribution in [3.05, 3.63) is 293 Å². The van der Waals surface area contributed by atoms with E-state index >= 15 is 0 Å². The highest BCUT2D eigenvalue weighted by molar-refractivity contribution is 6.12. The molecule has 1 aliphatic carbocycles. The lowest BCUT2D eigenvalue weighted by atomic mass is 9.67. The van der Waals surface area contributed by atoms with Crippen molar-refractivity contribution in [2.24, 2.45) is 7.05 Å². The smallest absolute Gasteiger partial charge is 0.115 e. The number of hydrogen-bond acceptors (Lipinski definition) is 3. The number of benzene rings is 11. The summed E-state index contributed by atoms with van der Waals surface area (Å²) in [5.41, 5.74) is 28.8. The van der Waals surface area contributed by atoms with E-state index in [2.05, 4.69) is 250 Å². The van der Waals surface area contributed by atoms with E-state index in [-0.39, 0.29) is 0 Å². The summed E-state index contributed by atoms with van der Waals surface area (Å²) in [6, 6.07) is 86.5. The molecule has 0 fully saturated rings. The van der Waals surface area contributed by atoms with Crippen molar-refractivity contribution in [3.8, 4) is 28.0 Å². The predicted molar refractivity (Wildman–Crippen MR) is 352 cm³/mol. The summed E-state index contributed by atoms with van der Waals surface area (Å²) < 4.78 is 2.26. The van der Waals surface area contributed by atoms with Crippen molar-refractivity contribution < 1.29 is 5.11 Å². The normalized spacial score (nSPS) is 11.4. The SMILES string of the molecule is CC.CC.CC.Cc1ccc(O)cc1.Cc1ccc2c(c1)C(c1ccccc1)(c1ccccc1)c1cc(N(c3ccc(N)cc3)c3cccc(C)c3-c3ccccc3C)c3ccccc3c1-2.Cc1cccc2c1c1ccccc1n2C. The van der Waals surface area contributed by atoms with Crippen LogP contribution in [0.25, 0.3) is 54.8 Å². The second-order valence-electron chi connectivity index (χ2n) is 20.0. The van der Waals surface area contributed by atoms with E-state index in [4.69, 9.17) is 10.8 Å². The lowest BCUT2D eigenvalue weighted by Crippen LogP contribution is -2.29. The second kappa shape index (κ2) is 26.2. The van der Waals surface area contributed by atoms with Gasteiger partial charge in [-0.3, -0.25) is 0 Å². The van der Waals surface area contributed by atoms with Gasteiger partial charge in [-0.05, 0) is 156 Å². The maximum atomic E-state index is 8.76. The van der Waals surface area contributed by atoms with Crippen LogP contribution in [0.2, 0.25) is 0 Å². The van der Waals surface area contributed by atoms with Gasteiger partial charge in [-0.2, -0.15) is 0 Å². The number of aryl methyl sites for hydroxylation is 6. The average molecular weight is 1060 g/mol. The van der Waals surface area contributed by atoms with Gasteiger partial charge in [-0.15, -0.1) is 0 Å². The van der Waals surface area contributed by atoms with Gasteiger partial charge in [0.2, 0.25) is 0 Å². The number of anilines is 4. The molecule has 4 nitrogen and oxygen atoms in total. The van der Waals surface area contributed by atoms with Gasteiger partial charge in [-0.1, -0.05) is 235 Å². The van der Waals surface area contributed by atoms with Crippen LogP contribution in [0, 0.1) is 34.6 Å². The van der Waals surface area contributed by atoms with Gasteiger partial charge in [0.1, 0.15) is 5.75 Å². The number of aromatic nitrogens is 1.